The summed E-state index contributed by atoms with van der Waals surface area (Å²) in [7, 11) is 0. The molecule has 3 rings (SSSR count). The number of anilines is 1. The van der Waals surface area contributed by atoms with E-state index in [1.165, 1.54) is 5.56 Å². The number of aromatic nitrogens is 2. The average molecular weight is 358 g/mol. The molecular weight excluding hydrogens is 342 g/mol. The molecule has 1 heterocycles. The predicted molar refractivity (Wildman–Crippen MR) is 101 cm³/mol. The molecule has 0 radical (unpaired) electrons. The molecule has 0 saturated carbocycles. The summed E-state index contributed by atoms with van der Waals surface area (Å²) in [5.41, 5.74) is 3.17. The Hall–Kier alpha value is -2.37. The number of halogens is 1. The van der Waals surface area contributed by atoms with E-state index in [0.717, 1.165) is 11.3 Å². The van der Waals surface area contributed by atoms with Crippen molar-refractivity contribution in [1.29, 1.82) is 0 Å². The van der Waals surface area contributed by atoms with Crippen LogP contribution in [0.3, 0.4) is 0 Å². The van der Waals surface area contributed by atoms with Crippen molar-refractivity contribution < 1.29 is 4.74 Å². The Morgan fingerprint density at radius 2 is 1.83 bits per heavy atom. The fourth-order valence-electron chi connectivity index (χ4n) is 2.05. The summed E-state index contributed by atoms with van der Waals surface area (Å²) in [6, 6.07) is 17.3. The zero-order valence-corrected chi connectivity index (χ0v) is 14.6. The molecule has 0 amide bonds. The first-order valence-corrected chi connectivity index (χ1v) is 8.20. The number of nitrogens with zero attached hydrogens (tertiary/aromatic N) is 2. The quantitative estimate of drug-likeness (QED) is 0.689. The van der Waals surface area contributed by atoms with Crippen LogP contribution in [-0.4, -0.2) is 14.9 Å². The van der Waals surface area contributed by atoms with Crippen LogP contribution in [0, 0.1) is 6.92 Å². The molecule has 0 unspecified atom stereocenters. The van der Waals surface area contributed by atoms with E-state index in [2.05, 4.69) is 29.5 Å². The van der Waals surface area contributed by atoms with E-state index in [4.69, 9.17) is 28.6 Å². The molecule has 6 heteroatoms. The highest BCUT2D eigenvalue weighted by Gasteiger charge is 2.05. The summed E-state index contributed by atoms with van der Waals surface area (Å²) in [4.78, 5) is 0. The Balaban J connectivity index is 1.59. The fraction of sp³-hybridized carbons (Fsp3) is 0.111. The lowest BCUT2D eigenvalue weighted by atomic mass is 10.2. The van der Waals surface area contributed by atoms with Gasteiger partial charge in [0.2, 0.25) is 5.88 Å². The Morgan fingerprint density at radius 3 is 2.54 bits per heavy atom. The van der Waals surface area contributed by atoms with E-state index in [-0.39, 0.29) is 0 Å². The standard InChI is InChI=1S/C18H16ClN3OS/c1-13-2-4-14(5-3-13)12-23-17-10-11-22(21-17)18(24)20-16-8-6-15(19)7-9-16/h2-11H,12H2,1H3,(H,20,24). The molecule has 0 aliphatic carbocycles. The first-order chi connectivity index (χ1) is 11.6. The molecule has 3 aromatic rings. The number of hydrogen-bond donors (Lipinski definition) is 1. The zero-order valence-electron chi connectivity index (χ0n) is 13.1. The van der Waals surface area contributed by atoms with E-state index in [0.29, 0.717) is 22.6 Å². The van der Waals surface area contributed by atoms with Crippen LogP contribution in [0.1, 0.15) is 11.1 Å². The van der Waals surface area contributed by atoms with Gasteiger partial charge in [0.25, 0.3) is 0 Å². The topological polar surface area (TPSA) is 39.1 Å². The van der Waals surface area contributed by atoms with Crippen LogP contribution in [0.5, 0.6) is 5.88 Å². The summed E-state index contributed by atoms with van der Waals surface area (Å²) in [6.45, 7) is 2.52. The number of rotatable bonds is 4. The Morgan fingerprint density at radius 1 is 1.12 bits per heavy atom. The minimum absolute atomic E-state index is 0.461. The molecular formula is C18H16ClN3OS. The number of ether oxygens (including phenoxy) is 1. The number of aryl methyl sites for hydroxylation is 1. The molecule has 2 aromatic carbocycles. The lowest BCUT2D eigenvalue weighted by Crippen LogP contribution is -2.19. The van der Waals surface area contributed by atoms with E-state index in [1.807, 2.05) is 24.3 Å². The SMILES string of the molecule is Cc1ccc(COc2ccn(C(=S)Nc3ccc(Cl)cc3)n2)cc1. The minimum Gasteiger partial charge on any atom is -0.472 e. The van der Waals surface area contributed by atoms with Crippen molar-refractivity contribution in [3.05, 3.63) is 76.9 Å². The van der Waals surface area contributed by atoms with Gasteiger partial charge in [-0.05, 0) is 49.0 Å². The van der Waals surface area contributed by atoms with Crippen molar-refractivity contribution in [2.75, 3.05) is 5.32 Å². The number of nitrogens with one attached hydrogen (secondary N) is 1. The van der Waals surface area contributed by atoms with Crippen molar-refractivity contribution in [3.63, 3.8) is 0 Å². The van der Waals surface area contributed by atoms with E-state index >= 15 is 0 Å². The third kappa shape index (κ3) is 4.34. The Kier molecular flexibility index (Phi) is 5.13. The number of benzene rings is 2. The Bertz CT molecular complexity index is 828. The van der Waals surface area contributed by atoms with Gasteiger partial charge >= 0.3 is 0 Å². The van der Waals surface area contributed by atoms with Crippen molar-refractivity contribution in [3.8, 4) is 5.88 Å². The summed E-state index contributed by atoms with van der Waals surface area (Å²) in [5.74, 6) is 0.524. The normalized spacial score (nSPS) is 10.4. The number of thiocarbonyl (C=S) groups is 1. The van der Waals surface area contributed by atoms with Crippen molar-refractivity contribution in [2.24, 2.45) is 0 Å². The van der Waals surface area contributed by atoms with Crippen molar-refractivity contribution >= 4 is 34.6 Å². The second-order valence-electron chi connectivity index (χ2n) is 5.31. The second-order valence-corrected chi connectivity index (χ2v) is 6.13. The molecule has 0 aliphatic rings. The largest absolute Gasteiger partial charge is 0.472 e. The molecule has 4 nitrogen and oxygen atoms in total. The first kappa shape index (κ1) is 16.5. The lowest BCUT2D eigenvalue weighted by molar-refractivity contribution is 0.292. The third-order valence-electron chi connectivity index (χ3n) is 3.38. The maximum absolute atomic E-state index is 5.87. The van der Waals surface area contributed by atoms with Gasteiger partial charge in [-0.2, -0.15) is 0 Å². The van der Waals surface area contributed by atoms with Gasteiger partial charge in [0, 0.05) is 23.0 Å². The van der Waals surface area contributed by atoms with Crippen LogP contribution in [0.4, 0.5) is 5.69 Å². The highest BCUT2D eigenvalue weighted by Crippen LogP contribution is 2.15. The maximum atomic E-state index is 5.87. The Labute approximate surface area is 151 Å². The molecule has 24 heavy (non-hydrogen) atoms. The van der Waals surface area contributed by atoms with Gasteiger partial charge in [-0.1, -0.05) is 41.4 Å². The summed E-state index contributed by atoms with van der Waals surface area (Å²) in [6.07, 6.45) is 1.76. The van der Waals surface area contributed by atoms with Crippen LogP contribution >= 0.6 is 23.8 Å². The van der Waals surface area contributed by atoms with Crippen LogP contribution in [0.25, 0.3) is 0 Å². The van der Waals surface area contributed by atoms with Gasteiger partial charge in [-0.3, -0.25) is 0 Å². The molecule has 0 atom stereocenters. The van der Waals surface area contributed by atoms with Crippen molar-refractivity contribution in [2.45, 2.75) is 13.5 Å². The molecule has 122 valence electrons. The molecule has 0 bridgehead atoms. The molecule has 1 aromatic heterocycles. The summed E-state index contributed by atoms with van der Waals surface area (Å²) in [5, 5.41) is 8.56. The highest BCUT2D eigenvalue weighted by molar-refractivity contribution is 7.80. The summed E-state index contributed by atoms with van der Waals surface area (Å²) >= 11 is 11.2. The monoisotopic (exact) mass is 357 g/mol. The van der Waals surface area contributed by atoms with Crippen molar-refractivity contribution in [1.82, 2.24) is 9.78 Å². The zero-order chi connectivity index (χ0) is 16.9. The molecule has 0 spiro atoms. The van der Waals surface area contributed by atoms with Gasteiger partial charge in [-0.25, -0.2) is 4.68 Å². The van der Waals surface area contributed by atoms with Crippen LogP contribution in [0.15, 0.2) is 60.8 Å². The molecule has 0 aliphatic heterocycles. The van der Waals surface area contributed by atoms with E-state index in [9.17, 15) is 0 Å². The molecule has 1 N–H and O–H groups in total. The minimum atomic E-state index is 0.461. The van der Waals surface area contributed by atoms with Crippen LogP contribution in [0.2, 0.25) is 5.02 Å². The van der Waals surface area contributed by atoms with E-state index < -0.39 is 0 Å². The van der Waals surface area contributed by atoms with Crippen LogP contribution in [-0.2, 0) is 6.61 Å². The predicted octanol–water partition coefficient (Wildman–Crippen LogP) is 4.67. The fourth-order valence-corrected chi connectivity index (χ4v) is 2.40. The highest BCUT2D eigenvalue weighted by atomic mass is 35.5. The molecule has 0 saturated heterocycles. The van der Waals surface area contributed by atoms with Gasteiger partial charge in [0.1, 0.15) is 6.61 Å². The van der Waals surface area contributed by atoms with E-state index in [1.54, 1.807) is 29.1 Å². The molecule has 0 fully saturated rings. The van der Waals surface area contributed by atoms with Gasteiger partial charge in [-0.15, -0.1) is 5.10 Å². The van der Waals surface area contributed by atoms with Gasteiger partial charge in [0.05, 0.1) is 0 Å². The maximum Gasteiger partial charge on any atom is 0.233 e. The smallest absolute Gasteiger partial charge is 0.233 e. The average Bonchev–Trinajstić information content (AvgIpc) is 3.06. The lowest BCUT2D eigenvalue weighted by Gasteiger charge is -2.07. The number of hydrogen-bond acceptors (Lipinski definition) is 3. The van der Waals surface area contributed by atoms with Gasteiger partial charge < -0.3 is 10.1 Å². The first-order valence-electron chi connectivity index (χ1n) is 7.41. The summed E-state index contributed by atoms with van der Waals surface area (Å²) < 4.78 is 7.26. The van der Waals surface area contributed by atoms with Gasteiger partial charge in [0.15, 0.2) is 5.11 Å². The van der Waals surface area contributed by atoms with Crippen LogP contribution < -0.4 is 10.1 Å². The second kappa shape index (κ2) is 7.47. The third-order valence-corrected chi connectivity index (χ3v) is 3.92.